The molecule has 46 heavy (non-hydrogen) atoms. The van der Waals surface area contributed by atoms with Crippen molar-refractivity contribution in [1.82, 2.24) is 5.32 Å². The summed E-state index contributed by atoms with van der Waals surface area (Å²) in [6.45, 7) is 1.83. The number of anilines is 2. The zero-order valence-corrected chi connectivity index (χ0v) is 25.2. The molecule has 0 bridgehead atoms. The molecule has 0 atom stereocenters. The standard InChI is InChI=1S/C34H27ClFN3O7/c1-2-44-29-18-22(17-28(35)31(29)46-20-30(40)37-24-10-8-23(36)9-11-24)16-27-32(41)38-34(43)39(33(27)42)25-12-14-26(15-13-25)45-19-21-6-4-3-5-7-21/h3-18H,2,19-20H2,1H3,(H,37,40)(H,38,41,43)/b27-16-. The minimum Gasteiger partial charge on any atom is -0.490 e. The maximum atomic E-state index is 13.4. The zero-order valence-electron chi connectivity index (χ0n) is 24.4. The Balaban J connectivity index is 1.32. The second kappa shape index (κ2) is 14.4. The summed E-state index contributed by atoms with van der Waals surface area (Å²) in [5, 5.41) is 4.80. The molecule has 5 amide bonds. The molecule has 1 saturated heterocycles. The minimum atomic E-state index is -0.902. The van der Waals surface area contributed by atoms with E-state index in [-0.39, 0.29) is 34.4 Å². The predicted molar refractivity (Wildman–Crippen MR) is 169 cm³/mol. The number of nitrogens with one attached hydrogen (secondary N) is 2. The van der Waals surface area contributed by atoms with Gasteiger partial charge >= 0.3 is 6.03 Å². The van der Waals surface area contributed by atoms with E-state index in [4.69, 9.17) is 25.8 Å². The first-order valence-electron chi connectivity index (χ1n) is 14.0. The lowest BCUT2D eigenvalue weighted by Gasteiger charge is -2.26. The summed E-state index contributed by atoms with van der Waals surface area (Å²) in [6.07, 6.45) is 1.27. The fourth-order valence-corrected chi connectivity index (χ4v) is 4.71. The molecule has 10 nitrogen and oxygen atoms in total. The SMILES string of the molecule is CCOc1cc(/C=C2/C(=O)NC(=O)N(c3ccc(OCc4ccccc4)cc3)C2=O)cc(Cl)c1OCC(=O)Nc1ccc(F)cc1. The fourth-order valence-electron chi connectivity index (χ4n) is 4.43. The van der Waals surface area contributed by atoms with Crippen LogP contribution in [0.5, 0.6) is 17.2 Å². The van der Waals surface area contributed by atoms with Crippen molar-refractivity contribution in [1.29, 1.82) is 0 Å². The highest BCUT2D eigenvalue weighted by Gasteiger charge is 2.37. The van der Waals surface area contributed by atoms with Gasteiger partial charge in [-0.2, -0.15) is 0 Å². The van der Waals surface area contributed by atoms with Crippen LogP contribution in [-0.2, 0) is 21.0 Å². The summed E-state index contributed by atoms with van der Waals surface area (Å²) in [5.74, 6) is -1.97. The van der Waals surface area contributed by atoms with Crippen molar-refractivity contribution in [2.75, 3.05) is 23.4 Å². The number of nitrogens with zero attached hydrogens (tertiary/aromatic N) is 1. The lowest BCUT2D eigenvalue weighted by atomic mass is 10.1. The number of carbonyl (C=O) groups is 4. The van der Waals surface area contributed by atoms with E-state index < -0.39 is 36.2 Å². The zero-order chi connectivity index (χ0) is 32.6. The average molecular weight is 644 g/mol. The van der Waals surface area contributed by atoms with Crippen molar-refractivity contribution in [3.8, 4) is 17.2 Å². The summed E-state index contributed by atoms with van der Waals surface area (Å²) >= 11 is 6.48. The van der Waals surface area contributed by atoms with Gasteiger partial charge in [-0.25, -0.2) is 14.1 Å². The van der Waals surface area contributed by atoms with Crippen LogP contribution in [-0.4, -0.2) is 37.0 Å². The quantitative estimate of drug-likeness (QED) is 0.149. The predicted octanol–water partition coefficient (Wildman–Crippen LogP) is 6.14. The van der Waals surface area contributed by atoms with Crippen LogP contribution in [0.2, 0.25) is 5.02 Å². The molecular formula is C34H27ClFN3O7. The Hall–Kier alpha value is -5.68. The number of hydrogen-bond acceptors (Lipinski definition) is 7. The first-order chi connectivity index (χ1) is 22.2. The first kappa shape index (κ1) is 31.7. The summed E-state index contributed by atoms with van der Waals surface area (Å²) in [4.78, 5) is 52.2. The number of imide groups is 2. The van der Waals surface area contributed by atoms with E-state index >= 15 is 0 Å². The Bertz CT molecular complexity index is 1800. The molecule has 2 N–H and O–H groups in total. The fraction of sp³-hybridized carbons (Fsp3) is 0.118. The number of urea groups is 1. The van der Waals surface area contributed by atoms with Crippen LogP contribution in [0.1, 0.15) is 18.1 Å². The topological polar surface area (TPSA) is 123 Å². The van der Waals surface area contributed by atoms with Crippen LogP contribution in [0.15, 0.2) is 96.6 Å². The van der Waals surface area contributed by atoms with Gasteiger partial charge < -0.3 is 19.5 Å². The highest BCUT2D eigenvalue weighted by molar-refractivity contribution is 6.39. The number of ether oxygens (including phenoxy) is 3. The van der Waals surface area contributed by atoms with Crippen LogP contribution in [0, 0.1) is 5.82 Å². The van der Waals surface area contributed by atoms with Gasteiger partial charge in [0.15, 0.2) is 18.1 Å². The molecule has 4 aromatic carbocycles. The number of benzene rings is 4. The van der Waals surface area contributed by atoms with Gasteiger partial charge in [0.25, 0.3) is 17.7 Å². The maximum Gasteiger partial charge on any atom is 0.335 e. The third-order valence-electron chi connectivity index (χ3n) is 6.56. The molecule has 1 aliphatic heterocycles. The van der Waals surface area contributed by atoms with Gasteiger partial charge in [-0.3, -0.25) is 19.7 Å². The van der Waals surface area contributed by atoms with Gasteiger partial charge in [-0.05, 0) is 84.8 Å². The van der Waals surface area contributed by atoms with Gasteiger partial charge in [0.1, 0.15) is 23.7 Å². The van der Waals surface area contributed by atoms with E-state index in [0.29, 0.717) is 23.6 Å². The maximum absolute atomic E-state index is 13.4. The van der Waals surface area contributed by atoms with Crippen molar-refractivity contribution in [2.24, 2.45) is 0 Å². The number of hydrogen-bond donors (Lipinski definition) is 2. The molecular weight excluding hydrogens is 617 g/mol. The second-order valence-corrected chi connectivity index (χ2v) is 10.2. The summed E-state index contributed by atoms with van der Waals surface area (Å²) in [5.41, 5.74) is 1.56. The Kier molecular flexibility index (Phi) is 9.94. The van der Waals surface area contributed by atoms with Crippen molar-refractivity contribution in [2.45, 2.75) is 13.5 Å². The normalized spacial score (nSPS) is 13.8. The molecule has 4 aromatic rings. The number of halogens is 2. The van der Waals surface area contributed by atoms with Crippen LogP contribution in [0.3, 0.4) is 0 Å². The first-order valence-corrected chi connectivity index (χ1v) is 14.4. The molecule has 5 rings (SSSR count). The van der Waals surface area contributed by atoms with Gasteiger partial charge in [-0.15, -0.1) is 0 Å². The van der Waals surface area contributed by atoms with E-state index in [1.54, 1.807) is 19.1 Å². The monoisotopic (exact) mass is 643 g/mol. The lowest BCUT2D eigenvalue weighted by molar-refractivity contribution is -0.122. The number of amides is 5. The average Bonchev–Trinajstić information content (AvgIpc) is 3.04. The molecule has 0 saturated carbocycles. The molecule has 1 fully saturated rings. The highest BCUT2D eigenvalue weighted by atomic mass is 35.5. The van der Waals surface area contributed by atoms with Gasteiger partial charge in [0.05, 0.1) is 17.3 Å². The third kappa shape index (κ3) is 7.69. The van der Waals surface area contributed by atoms with Gasteiger partial charge in [-0.1, -0.05) is 41.9 Å². The van der Waals surface area contributed by atoms with Crippen molar-refractivity contribution in [3.63, 3.8) is 0 Å². The summed E-state index contributed by atoms with van der Waals surface area (Å²) < 4.78 is 30.2. The van der Waals surface area contributed by atoms with Crippen LogP contribution >= 0.6 is 11.6 Å². The smallest absolute Gasteiger partial charge is 0.335 e. The Morgan fingerprint density at radius 3 is 2.35 bits per heavy atom. The second-order valence-electron chi connectivity index (χ2n) is 9.83. The summed E-state index contributed by atoms with van der Waals surface area (Å²) in [7, 11) is 0. The molecule has 234 valence electrons. The molecule has 0 spiro atoms. The van der Waals surface area contributed by atoms with Crippen LogP contribution < -0.4 is 29.7 Å². The van der Waals surface area contributed by atoms with E-state index in [2.05, 4.69) is 10.6 Å². The van der Waals surface area contributed by atoms with Gasteiger partial charge in [0.2, 0.25) is 0 Å². The van der Waals surface area contributed by atoms with E-state index in [1.807, 2.05) is 30.3 Å². The molecule has 0 radical (unpaired) electrons. The minimum absolute atomic E-state index is 0.0371. The molecule has 0 unspecified atom stereocenters. The third-order valence-corrected chi connectivity index (χ3v) is 6.84. The van der Waals surface area contributed by atoms with Crippen LogP contribution in [0.4, 0.5) is 20.6 Å². The van der Waals surface area contributed by atoms with Crippen molar-refractivity contribution >= 4 is 52.8 Å². The van der Waals surface area contributed by atoms with Crippen LogP contribution in [0.25, 0.3) is 6.08 Å². The largest absolute Gasteiger partial charge is 0.490 e. The Morgan fingerprint density at radius 1 is 0.935 bits per heavy atom. The number of barbiturate groups is 1. The molecule has 0 aliphatic carbocycles. The van der Waals surface area contributed by atoms with Crippen molar-refractivity contribution < 1.29 is 37.8 Å². The lowest BCUT2D eigenvalue weighted by Crippen LogP contribution is -2.54. The van der Waals surface area contributed by atoms with Gasteiger partial charge in [0, 0.05) is 5.69 Å². The Morgan fingerprint density at radius 2 is 1.65 bits per heavy atom. The van der Waals surface area contributed by atoms with Crippen molar-refractivity contribution in [3.05, 3.63) is 119 Å². The number of rotatable bonds is 11. The van der Waals surface area contributed by atoms with E-state index in [0.717, 1.165) is 10.5 Å². The summed E-state index contributed by atoms with van der Waals surface area (Å²) in [6, 6.07) is 23.1. The Labute approximate surface area is 268 Å². The molecule has 12 heteroatoms. The van der Waals surface area contributed by atoms with E-state index in [1.165, 1.54) is 54.6 Å². The molecule has 1 heterocycles. The van der Waals surface area contributed by atoms with E-state index in [9.17, 15) is 23.6 Å². The highest BCUT2D eigenvalue weighted by Crippen LogP contribution is 2.38. The number of carbonyl (C=O) groups excluding carboxylic acids is 4. The molecule has 0 aromatic heterocycles. The molecule has 1 aliphatic rings.